The van der Waals surface area contributed by atoms with Gasteiger partial charge in [-0.1, -0.05) is 6.07 Å². The smallest absolute Gasteiger partial charge is 0.228 e. The van der Waals surface area contributed by atoms with Gasteiger partial charge in [0.25, 0.3) is 0 Å². The number of anilines is 1. The van der Waals surface area contributed by atoms with E-state index in [9.17, 15) is 4.79 Å². The Morgan fingerprint density at radius 2 is 2.21 bits per heavy atom. The predicted molar refractivity (Wildman–Crippen MR) is 76.7 cm³/mol. The molecule has 1 aliphatic rings. The summed E-state index contributed by atoms with van der Waals surface area (Å²) in [6, 6.07) is 4.01. The van der Waals surface area contributed by atoms with Crippen molar-refractivity contribution in [1.82, 2.24) is 5.32 Å². The molecule has 104 valence electrons. The highest BCUT2D eigenvalue weighted by atomic mass is 16.5. The minimum Gasteiger partial charge on any atom is -0.494 e. The van der Waals surface area contributed by atoms with Crippen molar-refractivity contribution in [3.63, 3.8) is 0 Å². The van der Waals surface area contributed by atoms with Crippen molar-refractivity contribution in [1.29, 1.82) is 0 Å². The molecule has 2 N–H and O–H groups in total. The first-order valence-electron chi connectivity index (χ1n) is 6.78. The number of methoxy groups -OCH3 is 1. The van der Waals surface area contributed by atoms with E-state index in [1.165, 1.54) is 0 Å². The maximum atomic E-state index is 12.3. The minimum atomic E-state index is 0.0549. The van der Waals surface area contributed by atoms with Crippen molar-refractivity contribution >= 4 is 11.6 Å². The number of nitrogens with one attached hydrogen (secondary N) is 2. The van der Waals surface area contributed by atoms with Crippen molar-refractivity contribution in [3.8, 4) is 5.75 Å². The minimum absolute atomic E-state index is 0.0549. The Kier molecular flexibility index (Phi) is 4.43. The average molecular weight is 262 g/mol. The van der Waals surface area contributed by atoms with Gasteiger partial charge in [-0.15, -0.1) is 0 Å². The van der Waals surface area contributed by atoms with Crippen LogP contribution >= 0.6 is 0 Å². The van der Waals surface area contributed by atoms with Crippen LogP contribution in [0.3, 0.4) is 0 Å². The molecule has 2 rings (SSSR count). The molecule has 4 nitrogen and oxygen atoms in total. The number of piperidine rings is 1. The molecular formula is C15H22N2O2. The summed E-state index contributed by atoms with van der Waals surface area (Å²) >= 11 is 0. The highest BCUT2D eigenvalue weighted by Gasteiger charge is 2.22. The third-order valence-electron chi connectivity index (χ3n) is 3.55. The van der Waals surface area contributed by atoms with Crippen LogP contribution in [0, 0.1) is 19.8 Å². The average Bonchev–Trinajstić information content (AvgIpc) is 2.39. The Hall–Kier alpha value is -1.55. The molecule has 0 aromatic heterocycles. The van der Waals surface area contributed by atoms with Crippen LogP contribution in [0.15, 0.2) is 12.1 Å². The fourth-order valence-corrected chi connectivity index (χ4v) is 2.63. The Bertz CT molecular complexity index is 465. The van der Waals surface area contributed by atoms with Gasteiger partial charge in [-0.2, -0.15) is 0 Å². The van der Waals surface area contributed by atoms with Crippen molar-refractivity contribution < 1.29 is 9.53 Å². The van der Waals surface area contributed by atoms with Gasteiger partial charge in [0.1, 0.15) is 5.75 Å². The largest absolute Gasteiger partial charge is 0.494 e. The van der Waals surface area contributed by atoms with Crippen molar-refractivity contribution in [2.45, 2.75) is 26.7 Å². The molecule has 0 saturated carbocycles. The van der Waals surface area contributed by atoms with Crippen molar-refractivity contribution in [2.75, 3.05) is 25.5 Å². The molecule has 1 aliphatic heterocycles. The van der Waals surface area contributed by atoms with E-state index >= 15 is 0 Å². The van der Waals surface area contributed by atoms with Crippen LogP contribution < -0.4 is 15.4 Å². The molecule has 1 aromatic rings. The molecule has 19 heavy (non-hydrogen) atoms. The second-order valence-corrected chi connectivity index (χ2v) is 5.20. The molecule has 4 heteroatoms. The first-order valence-corrected chi connectivity index (χ1v) is 6.78. The molecule has 0 aliphatic carbocycles. The summed E-state index contributed by atoms with van der Waals surface area (Å²) in [6.45, 7) is 5.78. The molecule has 1 saturated heterocycles. The van der Waals surface area contributed by atoms with E-state index in [1.807, 2.05) is 19.9 Å². The Morgan fingerprint density at radius 3 is 2.84 bits per heavy atom. The first-order chi connectivity index (χ1) is 9.11. The third kappa shape index (κ3) is 3.26. The van der Waals surface area contributed by atoms with Gasteiger partial charge in [-0.25, -0.2) is 0 Å². The molecule has 1 fully saturated rings. The lowest BCUT2D eigenvalue weighted by Gasteiger charge is -2.23. The molecular weight excluding hydrogens is 240 g/mol. The Labute approximate surface area is 114 Å². The van der Waals surface area contributed by atoms with Crippen molar-refractivity contribution in [2.24, 2.45) is 5.92 Å². The van der Waals surface area contributed by atoms with Gasteiger partial charge in [0, 0.05) is 6.54 Å². The van der Waals surface area contributed by atoms with E-state index in [2.05, 4.69) is 16.7 Å². The van der Waals surface area contributed by atoms with Gasteiger partial charge in [0.2, 0.25) is 5.91 Å². The molecule has 1 atom stereocenters. The van der Waals surface area contributed by atoms with E-state index < -0.39 is 0 Å². The number of carbonyl (C=O) groups excluding carboxylic acids is 1. The zero-order valence-electron chi connectivity index (χ0n) is 11.9. The number of benzene rings is 1. The SMILES string of the molecule is COc1c(C)cc(C)cc1NC(=O)C1CCCNC1. The summed E-state index contributed by atoms with van der Waals surface area (Å²) in [7, 11) is 1.63. The zero-order valence-corrected chi connectivity index (χ0v) is 11.9. The number of hydrogen-bond donors (Lipinski definition) is 2. The predicted octanol–water partition coefficient (Wildman–Crippen LogP) is 2.25. The van der Waals surface area contributed by atoms with Gasteiger partial charge >= 0.3 is 0 Å². The molecule has 1 unspecified atom stereocenters. The first kappa shape index (κ1) is 13.9. The number of carbonyl (C=O) groups is 1. The van der Waals surface area contributed by atoms with Crippen LogP contribution in [-0.2, 0) is 4.79 Å². The number of amides is 1. The standard InChI is InChI=1S/C15H22N2O2/c1-10-7-11(2)14(19-3)13(8-10)17-15(18)12-5-4-6-16-9-12/h7-8,12,16H,4-6,9H2,1-3H3,(H,17,18). The Morgan fingerprint density at radius 1 is 1.42 bits per heavy atom. The second-order valence-electron chi connectivity index (χ2n) is 5.20. The van der Waals surface area contributed by atoms with Crippen LogP contribution in [0.5, 0.6) is 5.75 Å². The highest BCUT2D eigenvalue weighted by molar-refractivity contribution is 5.94. The van der Waals surface area contributed by atoms with Crippen LogP contribution in [0.2, 0.25) is 0 Å². The van der Waals surface area contributed by atoms with Crippen molar-refractivity contribution in [3.05, 3.63) is 23.3 Å². The lowest BCUT2D eigenvalue weighted by atomic mass is 9.98. The summed E-state index contributed by atoms with van der Waals surface area (Å²) in [4.78, 5) is 12.3. The molecule has 1 amide bonds. The van der Waals surface area contributed by atoms with E-state index in [0.29, 0.717) is 0 Å². The van der Waals surface area contributed by atoms with Gasteiger partial charge in [0.05, 0.1) is 18.7 Å². The number of aryl methyl sites for hydroxylation is 2. The summed E-state index contributed by atoms with van der Waals surface area (Å²) in [5, 5.41) is 6.27. The van der Waals surface area contributed by atoms with Crippen LogP contribution in [0.25, 0.3) is 0 Å². The normalized spacial score (nSPS) is 19.0. The van der Waals surface area contributed by atoms with Gasteiger partial charge in [-0.3, -0.25) is 4.79 Å². The lowest BCUT2D eigenvalue weighted by molar-refractivity contribution is -0.120. The molecule has 1 heterocycles. The van der Waals surface area contributed by atoms with Gasteiger partial charge in [0.15, 0.2) is 0 Å². The van der Waals surface area contributed by atoms with Crippen LogP contribution in [-0.4, -0.2) is 26.1 Å². The third-order valence-corrected chi connectivity index (χ3v) is 3.55. The van der Waals surface area contributed by atoms with E-state index in [4.69, 9.17) is 4.74 Å². The van der Waals surface area contributed by atoms with E-state index in [1.54, 1.807) is 7.11 Å². The highest BCUT2D eigenvalue weighted by Crippen LogP contribution is 2.30. The lowest BCUT2D eigenvalue weighted by Crippen LogP contribution is -2.37. The molecule has 0 bridgehead atoms. The van der Waals surface area contributed by atoms with Gasteiger partial charge in [-0.05, 0) is 50.4 Å². The number of ether oxygens (including phenoxy) is 1. The number of hydrogen-bond acceptors (Lipinski definition) is 3. The molecule has 1 aromatic carbocycles. The fraction of sp³-hybridized carbons (Fsp3) is 0.533. The van der Waals surface area contributed by atoms with E-state index in [0.717, 1.165) is 48.5 Å². The summed E-state index contributed by atoms with van der Waals surface area (Å²) < 4.78 is 5.39. The topological polar surface area (TPSA) is 50.4 Å². The summed E-state index contributed by atoms with van der Waals surface area (Å²) in [5.74, 6) is 0.887. The van der Waals surface area contributed by atoms with Crippen LogP contribution in [0.4, 0.5) is 5.69 Å². The summed E-state index contributed by atoms with van der Waals surface area (Å²) in [5.41, 5.74) is 2.94. The molecule has 0 radical (unpaired) electrons. The zero-order chi connectivity index (χ0) is 13.8. The maximum Gasteiger partial charge on any atom is 0.228 e. The second kappa shape index (κ2) is 6.06. The Balaban J connectivity index is 2.15. The quantitative estimate of drug-likeness (QED) is 0.878. The van der Waals surface area contributed by atoms with Gasteiger partial charge < -0.3 is 15.4 Å². The van der Waals surface area contributed by atoms with E-state index in [-0.39, 0.29) is 11.8 Å². The monoisotopic (exact) mass is 262 g/mol. The van der Waals surface area contributed by atoms with Crippen LogP contribution in [0.1, 0.15) is 24.0 Å². The maximum absolute atomic E-state index is 12.3. The fourth-order valence-electron chi connectivity index (χ4n) is 2.63. The summed E-state index contributed by atoms with van der Waals surface area (Å²) in [6.07, 6.45) is 2.01. The molecule has 0 spiro atoms. The number of rotatable bonds is 3.